The molecule has 0 nitrogen and oxygen atoms in total. The largest absolute Gasteiger partial charge is 0.126 e. The van der Waals surface area contributed by atoms with Crippen molar-refractivity contribution < 1.29 is 0 Å². The van der Waals surface area contributed by atoms with Gasteiger partial charge in [-0.2, -0.15) is 0 Å². The molecule has 0 bridgehead atoms. The molecule has 0 aromatic heterocycles. The summed E-state index contributed by atoms with van der Waals surface area (Å²) in [6, 6.07) is 0. The van der Waals surface area contributed by atoms with Crippen LogP contribution in [0.3, 0.4) is 0 Å². The Hall–Kier alpha value is 0.290. The van der Waals surface area contributed by atoms with E-state index in [0.29, 0.717) is 5.92 Å². The van der Waals surface area contributed by atoms with Crippen LogP contribution in [0.25, 0.3) is 0 Å². The van der Waals surface area contributed by atoms with Gasteiger partial charge < -0.3 is 0 Å². The lowest BCUT2D eigenvalue weighted by atomic mass is 9.92. The van der Waals surface area contributed by atoms with E-state index >= 15 is 0 Å². The minimum Gasteiger partial charge on any atom is -0.126 e. The lowest BCUT2D eigenvalue weighted by Crippen LogP contribution is -2.09. The second-order valence-electron chi connectivity index (χ2n) is 3.60. The van der Waals surface area contributed by atoms with Crippen LogP contribution in [-0.4, -0.2) is 5.88 Å². The van der Waals surface area contributed by atoms with Crippen molar-refractivity contribution in [2.45, 2.75) is 46.5 Å². The third-order valence-corrected chi connectivity index (χ3v) is 2.96. The summed E-state index contributed by atoms with van der Waals surface area (Å²) in [5.41, 5.74) is 0. The minimum absolute atomic E-state index is 0.688. The van der Waals surface area contributed by atoms with Crippen molar-refractivity contribution in [1.82, 2.24) is 0 Å². The second kappa shape index (κ2) is 6.97. The van der Waals surface area contributed by atoms with E-state index in [1.165, 1.54) is 25.7 Å². The highest BCUT2D eigenvalue weighted by Gasteiger charge is 2.09. The molecule has 0 saturated carbocycles. The van der Waals surface area contributed by atoms with E-state index in [2.05, 4.69) is 20.8 Å². The number of alkyl halides is 1. The molecule has 0 aromatic rings. The Bertz CT molecular complexity index is 80.9. The SMILES string of the molecule is CCCCCC(C)C(C)CCl. The number of halogens is 1. The van der Waals surface area contributed by atoms with Gasteiger partial charge in [0.25, 0.3) is 0 Å². The smallest absolute Gasteiger partial charge is 0.0251 e. The zero-order valence-corrected chi connectivity index (χ0v) is 8.82. The maximum Gasteiger partial charge on any atom is 0.0251 e. The van der Waals surface area contributed by atoms with Gasteiger partial charge in [-0.05, 0) is 11.8 Å². The molecule has 0 aliphatic carbocycles. The molecule has 1 heteroatoms. The zero-order valence-electron chi connectivity index (χ0n) is 8.07. The van der Waals surface area contributed by atoms with Gasteiger partial charge in [-0.25, -0.2) is 0 Å². The van der Waals surface area contributed by atoms with Gasteiger partial charge in [0.15, 0.2) is 0 Å². The molecule has 0 saturated heterocycles. The molecular weight excluding hydrogens is 156 g/mol. The summed E-state index contributed by atoms with van der Waals surface area (Å²) >= 11 is 5.76. The fourth-order valence-electron chi connectivity index (χ4n) is 1.15. The lowest BCUT2D eigenvalue weighted by Gasteiger charge is -2.16. The molecule has 0 heterocycles. The van der Waals surface area contributed by atoms with Crippen LogP contribution in [0.15, 0.2) is 0 Å². The molecule has 0 aliphatic heterocycles. The Morgan fingerprint density at radius 1 is 1.09 bits per heavy atom. The van der Waals surface area contributed by atoms with Crippen molar-refractivity contribution in [2.75, 3.05) is 5.88 Å². The van der Waals surface area contributed by atoms with Crippen LogP contribution in [0.4, 0.5) is 0 Å². The molecule has 0 radical (unpaired) electrons. The van der Waals surface area contributed by atoms with E-state index in [-0.39, 0.29) is 0 Å². The first-order chi connectivity index (χ1) is 5.22. The zero-order chi connectivity index (χ0) is 8.69. The Labute approximate surface area is 76.3 Å². The Balaban J connectivity index is 3.28. The van der Waals surface area contributed by atoms with Crippen LogP contribution in [0.2, 0.25) is 0 Å². The summed E-state index contributed by atoms with van der Waals surface area (Å²) in [4.78, 5) is 0. The normalized spacial score (nSPS) is 16.4. The molecule has 0 aromatic carbocycles. The van der Waals surface area contributed by atoms with E-state index in [4.69, 9.17) is 11.6 Å². The third-order valence-electron chi connectivity index (χ3n) is 2.48. The quantitative estimate of drug-likeness (QED) is 0.423. The van der Waals surface area contributed by atoms with Gasteiger partial charge in [0.2, 0.25) is 0 Å². The van der Waals surface area contributed by atoms with Crippen LogP contribution in [0.5, 0.6) is 0 Å². The fraction of sp³-hybridized carbons (Fsp3) is 1.00. The van der Waals surface area contributed by atoms with Crippen molar-refractivity contribution in [3.8, 4) is 0 Å². The molecule has 0 aliphatic rings. The predicted octanol–water partition coefficient (Wildman–Crippen LogP) is 4.08. The number of hydrogen-bond donors (Lipinski definition) is 0. The van der Waals surface area contributed by atoms with Crippen LogP contribution in [0, 0.1) is 11.8 Å². The maximum absolute atomic E-state index is 5.76. The van der Waals surface area contributed by atoms with Crippen LogP contribution >= 0.6 is 11.6 Å². The lowest BCUT2D eigenvalue weighted by molar-refractivity contribution is 0.381. The van der Waals surface area contributed by atoms with Crippen molar-refractivity contribution in [3.63, 3.8) is 0 Å². The molecule has 0 amide bonds. The Morgan fingerprint density at radius 3 is 2.18 bits per heavy atom. The first kappa shape index (κ1) is 11.3. The van der Waals surface area contributed by atoms with Crippen molar-refractivity contribution in [1.29, 1.82) is 0 Å². The van der Waals surface area contributed by atoms with Crippen molar-refractivity contribution in [3.05, 3.63) is 0 Å². The number of rotatable bonds is 6. The molecule has 0 spiro atoms. The summed E-state index contributed by atoms with van der Waals surface area (Å²) in [6.07, 6.45) is 5.42. The molecule has 0 fully saturated rings. The van der Waals surface area contributed by atoms with E-state index in [1.807, 2.05) is 0 Å². The standard InChI is InChI=1S/C10H21Cl/c1-4-5-6-7-9(2)10(3)8-11/h9-10H,4-8H2,1-3H3. The first-order valence-electron chi connectivity index (χ1n) is 4.78. The van der Waals surface area contributed by atoms with E-state index < -0.39 is 0 Å². The minimum atomic E-state index is 0.688. The van der Waals surface area contributed by atoms with Crippen LogP contribution < -0.4 is 0 Å². The van der Waals surface area contributed by atoms with Crippen molar-refractivity contribution >= 4 is 11.6 Å². The molecular formula is C10H21Cl. The monoisotopic (exact) mass is 176 g/mol. The number of unbranched alkanes of at least 4 members (excludes halogenated alkanes) is 2. The summed E-state index contributed by atoms with van der Waals surface area (Å²) < 4.78 is 0. The predicted molar refractivity (Wildman–Crippen MR) is 53.2 cm³/mol. The third kappa shape index (κ3) is 5.55. The average molecular weight is 177 g/mol. The molecule has 68 valence electrons. The second-order valence-corrected chi connectivity index (χ2v) is 3.91. The highest BCUT2D eigenvalue weighted by molar-refractivity contribution is 6.18. The average Bonchev–Trinajstić information content (AvgIpc) is 2.03. The summed E-state index contributed by atoms with van der Waals surface area (Å²) in [7, 11) is 0. The molecule has 11 heavy (non-hydrogen) atoms. The van der Waals surface area contributed by atoms with Gasteiger partial charge in [-0.1, -0.05) is 46.5 Å². The molecule has 0 N–H and O–H groups in total. The van der Waals surface area contributed by atoms with E-state index in [0.717, 1.165) is 11.8 Å². The first-order valence-corrected chi connectivity index (χ1v) is 5.31. The summed E-state index contributed by atoms with van der Waals surface area (Å²) in [5, 5.41) is 0. The molecule has 0 rings (SSSR count). The number of hydrogen-bond acceptors (Lipinski definition) is 0. The molecule has 2 unspecified atom stereocenters. The fourth-order valence-corrected chi connectivity index (χ4v) is 1.46. The van der Waals surface area contributed by atoms with E-state index in [1.54, 1.807) is 0 Å². The maximum atomic E-state index is 5.76. The highest BCUT2D eigenvalue weighted by Crippen LogP contribution is 2.19. The van der Waals surface area contributed by atoms with Gasteiger partial charge in [-0.15, -0.1) is 11.6 Å². The Kier molecular flexibility index (Phi) is 7.15. The topological polar surface area (TPSA) is 0 Å². The van der Waals surface area contributed by atoms with Gasteiger partial charge in [0.05, 0.1) is 0 Å². The summed E-state index contributed by atoms with van der Waals surface area (Å²) in [6.45, 7) is 6.79. The molecule has 2 atom stereocenters. The van der Waals surface area contributed by atoms with Gasteiger partial charge in [0.1, 0.15) is 0 Å². The highest BCUT2D eigenvalue weighted by atomic mass is 35.5. The van der Waals surface area contributed by atoms with Gasteiger partial charge >= 0.3 is 0 Å². The van der Waals surface area contributed by atoms with Gasteiger partial charge in [-0.3, -0.25) is 0 Å². The van der Waals surface area contributed by atoms with Crippen molar-refractivity contribution in [2.24, 2.45) is 11.8 Å². The van der Waals surface area contributed by atoms with Crippen LogP contribution in [-0.2, 0) is 0 Å². The van der Waals surface area contributed by atoms with Gasteiger partial charge in [0, 0.05) is 5.88 Å². The Morgan fingerprint density at radius 2 is 1.73 bits per heavy atom. The summed E-state index contributed by atoms with van der Waals surface area (Å²) in [5.74, 6) is 2.31. The van der Waals surface area contributed by atoms with E-state index in [9.17, 15) is 0 Å². The van der Waals surface area contributed by atoms with Crippen LogP contribution in [0.1, 0.15) is 46.5 Å².